The molecular weight excluding hydrogens is 556 g/mol. The van der Waals surface area contributed by atoms with Crippen LogP contribution in [0.15, 0.2) is 57.6 Å². The molecule has 0 aliphatic carbocycles. The van der Waals surface area contributed by atoms with Gasteiger partial charge in [0.15, 0.2) is 0 Å². The number of pyridine rings is 1. The Kier molecular flexibility index (Phi) is 6.31. The molecule has 8 nitrogen and oxygen atoms in total. The van der Waals surface area contributed by atoms with E-state index in [4.69, 9.17) is 0 Å². The van der Waals surface area contributed by atoms with Crippen molar-refractivity contribution in [3.05, 3.63) is 90.0 Å². The van der Waals surface area contributed by atoms with Crippen molar-refractivity contribution in [1.29, 1.82) is 0 Å². The van der Waals surface area contributed by atoms with E-state index in [-0.39, 0.29) is 23.2 Å². The minimum atomic E-state index is -0.465. The topological polar surface area (TPSA) is 96.7 Å². The number of benzene rings is 2. The summed E-state index contributed by atoms with van der Waals surface area (Å²) in [5.41, 5.74) is 4.11. The van der Waals surface area contributed by atoms with E-state index < -0.39 is 4.92 Å². The number of hydrogen-bond donors (Lipinski definition) is 0. The molecule has 0 N–H and O–H groups in total. The lowest BCUT2D eigenvalue weighted by molar-refractivity contribution is -0.384. The fourth-order valence-electron chi connectivity index (χ4n) is 3.90. The van der Waals surface area contributed by atoms with Gasteiger partial charge in [-0.25, -0.2) is 4.98 Å². The van der Waals surface area contributed by atoms with Gasteiger partial charge >= 0.3 is 0 Å². The van der Waals surface area contributed by atoms with E-state index in [1.54, 1.807) is 35.0 Å². The molecule has 2 aliphatic rings. The van der Waals surface area contributed by atoms with Crippen LogP contribution in [0.1, 0.15) is 31.8 Å². The largest absolute Gasteiger partial charge is 0.337 e. The van der Waals surface area contributed by atoms with Crippen LogP contribution in [0, 0.1) is 10.1 Å². The molecule has 10 heteroatoms. The summed E-state index contributed by atoms with van der Waals surface area (Å²) in [6, 6.07) is 12.3. The molecule has 0 saturated carbocycles. The molecule has 0 unspecified atom stereocenters. The fourth-order valence-corrected chi connectivity index (χ4v) is 4.71. The average Bonchev–Trinajstić information content (AvgIpc) is 3.25. The molecule has 1 aromatic heterocycles. The van der Waals surface area contributed by atoms with Gasteiger partial charge in [-0.05, 0) is 45.3 Å². The summed E-state index contributed by atoms with van der Waals surface area (Å²) in [4.78, 5) is 41.7. The number of carbonyl (C=O) groups is 2. The Balaban J connectivity index is 0.000000183. The van der Waals surface area contributed by atoms with E-state index in [1.165, 1.54) is 12.3 Å². The summed E-state index contributed by atoms with van der Waals surface area (Å²) in [6.07, 6.45) is 1.52. The summed E-state index contributed by atoms with van der Waals surface area (Å²) in [5.74, 6) is 0.0397. The van der Waals surface area contributed by atoms with Crippen molar-refractivity contribution in [2.45, 2.75) is 13.1 Å². The Bertz CT molecular complexity index is 1310. The zero-order chi connectivity index (χ0) is 23.9. The second-order valence-corrected chi connectivity index (χ2v) is 9.47. The van der Waals surface area contributed by atoms with Crippen LogP contribution in [0.2, 0.25) is 0 Å². The highest BCUT2D eigenvalue weighted by Gasteiger charge is 2.29. The maximum absolute atomic E-state index is 12.0. The monoisotopic (exact) mass is 572 g/mol. The molecule has 3 heterocycles. The lowest BCUT2D eigenvalue weighted by atomic mass is 9.99. The quantitative estimate of drug-likeness (QED) is 0.316. The minimum absolute atomic E-state index is 0.0772. The van der Waals surface area contributed by atoms with Crippen molar-refractivity contribution in [2.75, 3.05) is 14.1 Å². The van der Waals surface area contributed by atoms with Crippen molar-refractivity contribution in [3.63, 3.8) is 0 Å². The van der Waals surface area contributed by atoms with Crippen molar-refractivity contribution in [3.8, 4) is 11.3 Å². The van der Waals surface area contributed by atoms with Crippen molar-refractivity contribution in [2.24, 2.45) is 0 Å². The van der Waals surface area contributed by atoms with Crippen molar-refractivity contribution < 1.29 is 14.5 Å². The first kappa shape index (κ1) is 23.1. The minimum Gasteiger partial charge on any atom is -0.337 e. The number of rotatable bonds is 2. The summed E-state index contributed by atoms with van der Waals surface area (Å²) >= 11 is 6.61. The summed E-state index contributed by atoms with van der Waals surface area (Å²) < 4.78 is 1.57. The highest BCUT2D eigenvalue weighted by atomic mass is 79.9. The number of halogens is 2. The molecular formula is C23H18Br2N4O4. The van der Waals surface area contributed by atoms with Gasteiger partial charge in [-0.2, -0.15) is 0 Å². The molecule has 2 aliphatic heterocycles. The lowest BCUT2D eigenvalue weighted by Crippen LogP contribution is -2.17. The van der Waals surface area contributed by atoms with Crippen LogP contribution >= 0.6 is 31.9 Å². The number of aromatic nitrogens is 1. The predicted molar refractivity (Wildman–Crippen MR) is 130 cm³/mol. The van der Waals surface area contributed by atoms with Crippen LogP contribution in [0.25, 0.3) is 11.3 Å². The molecule has 3 aromatic rings. The van der Waals surface area contributed by atoms with Crippen LogP contribution in [-0.4, -0.2) is 45.6 Å². The van der Waals surface area contributed by atoms with Gasteiger partial charge in [0, 0.05) is 65.1 Å². The second kappa shape index (κ2) is 9.03. The van der Waals surface area contributed by atoms with E-state index in [9.17, 15) is 19.7 Å². The zero-order valence-electron chi connectivity index (χ0n) is 17.7. The molecule has 0 atom stereocenters. The Hall–Kier alpha value is -3.11. The van der Waals surface area contributed by atoms with Crippen molar-refractivity contribution >= 4 is 49.4 Å². The highest BCUT2D eigenvalue weighted by molar-refractivity contribution is 9.10. The molecule has 5 rings (SSSR count). The van der Waals surface area contributed by atoms with Crippen LogP contribution in [0.5, 0.6) is 0 Å². The highest BCUT2D eigenvalue weighted by Crippen LogP contribution is 2.36. The molecule has 168 valence electrons. The Morgan fingerprint density at radius 2 is 1.45 bits per heavy atom. The third kappa shape index (κ3) is 4.28. The first-order valence-corrected chi connectivity index (χ1v) is 11.5. The number of hydrogen-bond acceptors (Lipinski definition) is 5. The molecule has 0 radical (unpaired) electrons. The van der Waals surface area contributed by atoms with Gasteiger partial charge in [-0.15, -0.1) is 0 Å². The number of amides is 2. The maximum Gasteiger partial charge on any atom is 0.296 e. The predicted octanol–water partition coefficient (Wildman–Crippen LogP) is 5.04. The van der Waals surface area contributed by atoms with Crippen LogP contribution in [0.3, 0.4) is 0 Å². The zero-order valence-corrected chi connectivity index (χ0v) is 20.9. The number of nitrogens with zero attached hydrogens (tertiary/aromatic N) is 4. The molecule has 2 aromatic carbocycles. The molecule has 0 bridgehead atoms. The Morgan fingerprint density at radius 3 is 2.06 bits per heavy atom. The first-order valence-electron chi connectivity index (χ1n) is 9.89. The maximum atomic E-state index is 12.0. The SMILES string of the molecule is CN1Cc2c(Br)cccc2C1=O.CN1Cc2c(cccc2-c2ncc(Br)cc2[N+](=O)[O-])C1=O. The Morgan fingerprint density at radius 1 is 0.909 bits per heavy atom. The van der Waals surface area contributed by atoms with Gasteiger partial charge in [-0.1, -0.05) is 34.1 Å². The molecule has 0 saturated heterocycles. The van der Waals surface area contributed by atoms with Crippen LogP contribution < -0.4 is 0 Å². The van der Waals surface area contributed by atoms with Gasteiger partial charge in [-0.3, -0.25) is 19.7 Å². The van der Waals surface area contributed by atoms with Gasteiger partial charge < -0.3 is 9.80 Å². The van der Waals surface area contributed by atoms with E-state index in [0.717, 1.165) is 27.7 Å². The molecule has 0 spiro atoms. The van der Waals surface area contributed by atoms with Gasteiger partial charge in [0.25, 0.3) is 17.5 Å². The van der Waals surface area contributed by atoms with E-state index >= 15 is 0 Å². The number of nitro groups is 1. The normalized spacial score (nSPS) is 14.1. The summed E-state index contributed by atoms with van der Waals surface area (Å²) in [6.45, 7) is 1.15. The van der Waals surface area contributed by atoms with Gasteiger partial charge in [0.1, 0.15) is 5.69 Å². The Labute approximate surface area is 206 Å². The standard InChI is InChI=1S/C14H10BrN3O3.C9H8BrNO/c1-17-7-11-9(3-2-4-10(11)14(17)19)13-12(18(20)21)5-8(15)6-16-13;1-11-5-7-6(9(11)12)3-2-4-8(7)10/h2-6H,7H2,1H3;2-4H,5H2,1H3. The van der Waals surface area contributed by atoms with Gasteiger partial charge in [0.05, 0.1) is 4.92 Å². The molecule has 2 amide bonds. The summed E-state index contributed by atoms with van der Waals surface area (Å²) in [5, 5.41) is 11.2. The molecule has 33 heavy (non-hydrogen) atoms. The molecule has 0 fully saturated rings. The summed E-state index contributed by atoms with van der Waals surface area (Å²) in [7, 11) is 3.52. The number of carbonyl (C=O) groups excluding carboxylic acids is 2. The smallest absolute Gasteiger partial charge is 0.296 e. The van der Waals surface area contributed by atoms with E-state index in [0.29, 0.717) is 22.1 Å². The second-order valence-electron chi connectivity index (χ2n) is 7.70. The van der Waals surface area contributed by atoms with E-state index in [1.807, 2.05) is 25.2 Å². The third-order valence-corrected chi connectivity index (χ3v) is 6.70. The fraction of sp³-hybridized carbons (Fsp3) is 0.174. The first-order chi connectivity index (χ1) is 15.7. The lowest BCUT2D eigenvalue weighted by Gasteiger charge is -2.08. The number of fused-ring (bicyclic) bond motifs is 2. The van der Waals surface area contributed by atoms with Gasteiger partial charge in [0.2, 0.25) is 0 Å². The van der Waals surface area contributed by atoms with E-state index in [2.05, 4.69) is 36.8 Å². The third-order valence-electron chi connectivity index (χ3n) is 5.53. The van der Waals surface area contributed by atoms with Crippen LogP contribution in [-0.2, 0) is 13.1 Å². The van der Waals surface area contributed by atoms with Crippen molar-refractivity contribution in [1.82, 2.24) is 14.8 Å². The average molecular weight is 574 g/mol. The van der Waals surface area contributed by atoms with Crippen LogP contribution in [0.4, 0.5) is 5.69 Å².